The molecular formula is C20H29N3O2. The molecule has 1 atom stereocenters. The van der Waals surface area contributed by atoms with Gasteiger partial charge in [0.05, 0.1) is 0 Å². The standard InChI is InChI=1S/C20H29N3O2/c24-18-14-20(15-22-18)11-7-13-23(16-20)19(25)21-12-6-2-5-10-17-8-3-1-4-9-17/h1,3-4,8-9H,2,5-7,10-16H2,(H,21,25)(H,22,24). The van der Waals surface area contributed by atoms with Crippen LogP contribution in [0.1, 0.15) is 44.1 Å². The molecular weight excluding hydrogens is 314 g/mol. The first kappa shape index (κ1) is 17.8. The maximum absolute atomic E-state index is 12.4. The molecule has 0 bridgehead atoms. The number of nitrogens with zero attached hydrogens (tertiary/aromatic N) is 1. The SMILES string of the molecule is O=C1CC2(CCCN(C(=O)NCCCCCc3ccccc3)C2)CN1. The molecule has 5 heteroatoms. The quantitative estimate of drug-likeness (QED) is 0.780. The van der Waals surface area contributed by atoms with Crippen molar-refractivity contribution in [2.45, 2.75) is 44.9 Å². The predicted molar refractivity (Wildman–Crippen MR) is 98.3 cm³/mol. The molecule has 1 aromatic carbocycles. The molecule has 0 aromatic heterocycles. The smallest absolute Gasteiger partial charge is 0.317 e. The summed E-state index contributed by atoms with van der Waals surface area (Å²) in [5.41, 5.74) is 1.35. The third-order valence-electron chi connectivity index (χ3n) is 5.41. The number of carbonyl (C=O) groups excluding carboxylic acids is 2. The summed E-state index contributed by atoms with van der Waals surface area (Å²) in [6.07, 6.45) is 6.98. The molecule has 5 nitrogen and oxygen atoms in total. The van der Waals surface area contributed by atoms with Crippen molar-refractivity contribution in [2.24, 2.45) is 5.41 Å². The lowest BCUT2D eigenvalue weighted by Crippen LogP contribution is -2.50. The van der Waals surface area contributed by atoms with Crippen molar-refractivity contribution < 1.29 is 9.59 Å². The third kappa shape index (κ3) is 4.97. The van der Waals surface area contributed by atoms with Crippen molar-refractivity contribution in [1.82, 2.24) is 15.5 Å². The molecule has 3 amide bonds. The summed E-state index contributed by atoms with van der Waals surface area (Å²) in [5, 5.41) is 5.97. The monoisotopic (exact) mass is 343 g/mol. The highest BCUT2D eigenvalue weighted by Gasteiger charge is 2.42. The number of likely N-dealkylation sites (tertiary alicyclic amines) is 1. The molecule has 2 saturated heterocycles. The van der Waals surface area contributed by atoms with Crippen LogP contribution in [0, 0.1) is 5.41 Å². The zero-order chi connectivity index (χ0) is 17.5. The number of urea groups is 1. The fourth-order valence-corrected chi connectivity index (χ4v) is 4.00. The van der Waals surface area contributed by atoms with Gasteiger partial charge in [-0.3, -0.25) is 4.79 Å². The van der Waals surface area contributed by atoms with Gasteiger partial charge in [0.15, 0.2) is 0 Å². The summed E-state index contributed by atoms with van der Waals surface area (Å²) in [6, 6.07) is 10.6. The lowest BCUT2D eigenvalue weighted by atomic mass is 9.79. The molecule has 2 aliphatic heterocycles. The van der Waals surface area contributed by atoms with E-state index in [1.54, 1.807) is 0 Å². The van der Waals surface area contributed by atoms with Gasteiger partial charge in [-0.05, 0) is 37.7 Å². The summed E-state index contributed by atoms with van der Waals surface area (Å²) < 4.78 is 0. The highest BCUT2D eigenvalue weighted by molar-refractivity contribution is 5.80. The Morgan fingerprint density at radius 2 is 2.04 bits per heavy atom. The fraction of sp³-hybridized carbons (Fsp3) is 0.600. The Kier molecular flexibility index (Phi) is 5.95. The van der Waals surface area contributed by atoms with Crippen molar-refractivity contribution in [3.63, 3.8) is 0 Å². The van der Waals surface area contributed by atoms with E-state index in [4.69, 9.17) is 0 Å². The average molecular weight is 343 g/mol. The van der Waals surface area contributed by atoms with Gasteiger partial charge >= 0.3 is 6.03 Å². The van der Waals surface area contributed by atoms with E-state index >= 15 is 0 Å². The number of carbonyl (C=O) groups is 2. The van der Waals surface area contributed by atoms with Crippen LogP contribution in [0.2, 0.25) is 0 Å². The molecule has 1 unspecified atom stereocenters. The van der Waals surface area contributed by atoms with Crippen LogP contribution in [-0.2, 0) is 11.2 Å². The van der Waals surface area contributed by atoms with Gasteiger partial charge in [0.2, 0.25) is 5.91 Å². The van der Waals surface area contributed by atoms with Crippen LogP contribution >= 0.6 is 0 Å². The van der Waals surface area contributed by atoms with Gasteiger partial charge in [-0.2, -0.15) is 0 Å². The molecule has 3 rings (SSSR count). The maximum atomic E-state index is 12.4. The highest BCUT2D eigenvalue weighted by atomic mass is 16.2. The third-order valence-corrected chi connectivity index (χ3v) is 5.41. The number of aryl methyl sites for hydroxylation is 1. The van der Waals surface area contributed by atoms with E-state index in [2.05, 4.69) is 34.9 Å². The Hall–Kier alpha value is -2.04. The normalized spacial score (nSPS) is 22.9. The minimum atomic E-state index is -0.0254. The summed E-state index contributed by atoms with van der Waals surface area (Å²) >= 11 is 0. The lowest BCUT2D eigenvalue weighted by Gasteiger charge is -2.39. The van der Waals surface area contributed by atoms with Crippen LogP contribution in [0.15, 0.2) is 30.3 Å². The van der Waals surface area contributed by atoms with Crippen LogP contribution < -0.4 is 10.6 Å². The number of rotatable bonds is 6. The largest absolute Gasteiger partial charge is 0.355 e. The highest BCUT2D eigenvalue weighted by Crippen LogP contribution is 2.35. The van der Waals surface area contributed by atoms with Gasteiger partial charge in [-0.15, -0.1) is 0 Å². The minimum absolute atomic E-state index is 0.0254. The van der Waals surface area contributed by atoms with Gasteiger partial charge in [0.1, 0.15) is 0 Å². The van der Waals surface area contributed by atoms with Crippen molar-refractivity contribution in [2.75, 3.05) is 26.2 Å². The minimum Gasteiger partial charge on any atom is -0.355 e. The number of nitrogens with one attached hydrogen (secondary N) is 2. The van der Waals surface area contributed by atoms with Crippen LogP contribution in [0.25, 0.3) is 0 Å². The Morgan fingerprint density at radius 1 is 1.20 bits per heavy atom. The second-order valence-electron chi connectivity index (χ2n) is 7.51. The molecule has 0 aliphatic carbocycles. The fourth-order valence-electron chi connectivity index (χ4n) is 4.00. The van der Waals surface area contributed by atoms with E-state index in [-0.39, 0.29) is 17.4 Å². The van der Waals surface area contributed by atoms with E-state index in [0.717, 1.165) is 58.2 Å². The number of benzene rings is 1. The van der Waals surface area contributed by atoms with Crippen molar-refractivity contribution in [3.8, 4) is 0 Å². The first-order chi connectivity index (χ1) is 12.2. The van der Waals surface area contributed by atoms with Crippen LogP contribution in [0.5, 0.6) is 0 Å². The first-order valence-corrected chi connectivity index (χ1v) is 9.50. The molecule has 1 spiro atoms. The summed E-state index contributed by atoms with van der Waals surface area (Å²) in [7, 11) is 0. The summed E-state index contributed by atoms with van der Waals surface area (Å²) in [4.78, 5) is 25.8. The number of piperidine rings is 1. The zero-order valence-corrected chi connectivity index (χ0v) is 14.9. The molecule has 2 aliphatic rings. The van der Waals surface area contributed by atoms with Gasteiger partial charge in [-0.1, -0.05) is 36.8 Å². The first-order valence-electron chi connectivity index (χ1n) is 9.50. The van der Waals surface area contributed by atoms with Gasteiger partial charge in [0, 0.05) is 38.0 Å². The Labute approximate surface area is 150 Å². The van der Waals surface area contributed by atoms with Crippen molar-refractivity contribution >= 4 is 11.9 Å². The number of unbranched alkanes of at least 4 members (excludes halogenated alkanes) is 2. The second-order valence-corrected chi connectivity index (χ2v) is 7.51. The predicted octanol–water partition coefficient (Wildman–Crippen LogP) is 2.71. The zero-order valence-electron chi connectivity index (χ0n) is 14.9. The van der Waals surface area contributed by atoms with E-state index in [0.29, 0.717) is 13.0 Å². The molecule has 1 aromatic rings. The molecule has 25 heavy (non-hydrogen) atoms. The lowest BCUT2D eigenvalue weighted by molar-refractivity contribution is -0.119. The molecule has 2 heterocycles. The van der Waals surface area contributed by atoms with E-state index in [9.17, 15) is 9.59 Å². The maximum Gasteiger partial charge on any atom is 0.317 e. The molecule has 2 fully saturated rings. The Bertz CT molecular complexity index is 590. The Balaban J connectivity index is 1.32. The van der Waals surface area contributed by atoms with E-state index in [1.807, 2.05) is 11.0 Å². The van der Waals surface area contributed by atoms with Crippen molar-refractivity contribution in [1.29, 1.82) is 0 Å². The number of hydrogen-bond acceptors (Lipinski definition) is 2. The second kappa shape index (κ2) is 8.37. The summed E-state index contributed by atoms with van der Waals surface area (Å²) in [5.74, 6) is 0.126. The van der Waals surface area contributed by atoms with E-state index < -0.39 is 0 Å². The molecule has 2 N–H and O–H groups in total. The average Bonchev–Trinajstić information content (AvgIpc) is 2.98. The van der Waals surface area contributed by atoms with Gasteiger partial charge in [-0.25, -0.2) is 4.79 Å². The molecule has 0 saturated carbocycles. The van der Waals surface area contributed by atoms with Crippen LogP contribution in [0.4, 0.5) is 4.79 Å². The van der Waals surface area contributed by atoms with Gasteiger partial charge in [0.25, 0.3) is 0 Å². The summed E-state index contributed by atoms with van der Waals surface area (Å²) in [6.45, 7) is 2.95. The van der Waals surface area contributed by atoms with E-state index in [1.165, 1.54) is 5.56 Å². The van der Waals surface area contributed by atoms with Crippen molar-refractivity contribution in [3.05, 3.63) is 35.9 Å². The van der Waals surface area contributed by atoms with Gasteiger partial charge < -0.3 is 15.5 Å². The molecule has 136 valence electrons. The number of amides is 3. The molecule has 0 radical (unpaired) electrons. The van der Waals surface area contributed by atoms with Crippen LogP contribution in [-0.4, -0.2) is 43.0 Å². The topological polar surface area (TPSA) is 61.4 Å². The number of hydrogen-bond donors (Lipinski definition) is 2. The Morgan fingerprint density at radius 3 is 2.80 bits per heavy atom. The van der Waals surface area contributed by atoms with Crippen LogP contribution in [0.3, 0.4) is 0 Å².